The lowest BCUT2D eigenvalue weighted by atomic mass is 10.1. The number of rotatable bonds is 3. The van der Waals surface area contributed by atoms with Gasteiger partial charge in [0.1, 0.15) is 0 Å². The number of halogens is 3. The summed E-state index contributed by atoms with van der Waals surface area (Å²) >= 11 is -0.165. The van der Waals surface area contributed by atoms with Crippen LogP contribution in [0.3, 0.4) is 0 Å². The van der Waals surface area contributed by atoms with Gasteiger partial charge in [-0.2, -0.15) is 13.2 Å². The first-order chi connectivity index (χ1) is 10.4. The van der Waals surface area contributed by atoms with Crippen LogP contribution in [0.1, 0.15) is 48.9 Å². The van der Waals surface area contributed by atoms with Gasteiger partial charge in [-0.05, 0) is 48.9 Å². The maximum Gasteiger partial charge on any atom is 0.446 e. The predicted molar refractivity (Wildman–Crippen MR) is 81.9 cm³/mol. The lowest BCUT2D eigenvalue weighted by Crippen LogP contribution is -2.36. The summed E-state index contributed by atoms with van der Waals surface area (Å²) in [5.41, 5.74) is -3.86. The van der Waals surface area contributed by atoms with Gasteiger partial charge in [0.05, 0.1) is 0 Å². The summed E-state index contributed by atoms with van der Waals surface area (Å²) in [5, 5.41) is 0. The summed E-state index contributed by atoms with van der Waals surface area (Å²) in [6.45, 7) is 0. The van der Waals surface area contributed by atoms with Crippen molar-refractivity contribution in [3.05, 3.63) is 29.8 Å². The SMILES string of the molecule is CN(C(=O)c1ccc(SC(F)(F)F)cc1)C1CCCCCC1. The molecule has 0 spiro atoms. The Morgan fingerprint density at radius 3 is 2.14 bits per heavy atom. The topological polar surface area (TPSA) is 20.3 Å². The first-order valence-corrected chi connectivity index (χ1v) is 8.31. The quantitative estimate of drug-likeness (QED) is 0.568. The fourth-order valence-corrected chi connectivity index (χ4v) is 3.35. The molecule has 0 radical (unpaired) electrons. The van der Waals surface area contributed by atoms with E-state index in [2.05, 4.69) is 0 Å². The van der Waals surface area contributed by atoms with Crippen LogP contribution in [0.25, 0.3) is 0 Å². The van der Waals surface area contributed by atoms with Gasteiger partial charge in [0.25, 0.3) is 5.91 Å². The number of carbonyl (C=O) groups excluding carboxylic acids is 1. The van der Waals surface area contributed by atoms with Gasteiger partial charge in [0, 0.05) is 23.5 Å². The Kier molecular flexibility index (Phi) is 5.78. The molecular weight excluding hydrogens is 311 g/mol. The van der Waals surface area contributed by atoms with Gasteiger partial charge >= 0.3 is 5.51 Å². The number of hydrogen-bond acceptors (Lipinski definition) is 2. The summed E-state index contributed by atoms with van der Waals surface area (Å²) in [7, 11) is 1.79. The van der Waals surface area contributed by atoms with Gasteiger partial charge in [0.2, 0.25) is 0 Å². The maximum absolute atomic E-state index is 12.4. The highest BCUT2D eigenvalue weighted by molar-refractivity contribution is 8.00. The monoisotopic (exact) mass is 331 g/mol. The van der Waals surface area contributed by atoms with E-state index in [0.717, 1.165) is 25.7 Å². The van der Waals surface area contributed by atoms with E-state index in [1.807, 2.05) is 0 Å². The Balaban J connectivity index is 2.02. The Labute approximate surface area is 133 Å². The van der Waals surface area contributed by atoms with Crippen LogP contribution in [-0.2, 0) is 0 Å². The molecule has 2 nitrogen and oxygen atoms in total. The molecule has 1 aromatic rings. The Morgan fingerprint density at radius 2 is 1.64 bits per heavy atom. The van der Waals surface area contributed by atoms with Gasteiger partial charge < -0.3 is 4.90 Å². The fraction of sp³-hybridized carbons (Fsp3) is 0.562. The van der Waals surface area contributed by atoms with Crippen LogP contribution in [0, 0.1) is 0 Å². The molecule has 0 atom stereocenters. The summed E-state index contributed by atoms with van der Waals surface area (Å²) in [4.78, 5) is 14.3. The Morgan fingerprint density at radius 1 is 1.09 bits per heavy atom. The first kappa shape index (κ1) is 17.2. The molecule has 1 aromatic carbocycles. The van der Waals surface area contributed by atoms with Gasteiger partial charge in [0.15, 0.2) is 0 Å². The third-order valence-electron chi connectivity index (χ3n) is 4.03. The van der Waals surface area contributed by atoms with Gasteiger partial charge in [-0.25, -0.2) is 0 Å². The molecule has 0 heterocycles. The molecule has 1 aliphatic carbocycles. The van der Waals surface area contributed by atoms with Crippen LogP contribution in [0.4, 0.5) is 13.2 Å². The number of carbonyl (C=O) groups is 1. The Hall–Kier alpha value is -1.17. The second-order valence-electron chi connectivity index (χ2n) is 5.63. The smallest absolute Gasteiger partial charge is 0.339 e. The Bertz CT molecular complexity index is 493. The zero-order valence-corrected chi connectivity index (χ0v) is 13.3. The van der Waals surface area contributed by atoms with E-state index in [4.69, 9.17) is 0 Å². The second-order valence-corrected chi connectivity index (χ2v) is 6.77. The van der Waals surface area contributed by atoms with Crippen LogP contribution in [0.5, 0.6) is 0 Å². The van der Waals surface area contributed by atoms with Crippen molar-refractivity contribution in [3.8, 4) is 0 Å². The van der Waals surface area contributed by atoms with Gasteiger partial charge in [-0.15, -0.1) is 0 Å². The maximum atomic E-state index is 12.4. The molecule has 0 saturated heterocycles. The van der Waals surface area contributed by atoms with E-state index in [9.17, 15) is 18.0 Å². The molecule has 1 aliphatic rings. The molecule has 0 N–H and O–H groups in total. The summed E-state index contributed by atoms with van der Waals surface area (Å²) in [6.07, 6.45) is 6.69. The molecule has 0 aliphatic heterocycles. The molecule has 1 saturated carbocycles. The molecule has 6 heteroatoms. The average Bonchev–Trinajstić information content (AvgIpc) is 2.74. The summed E-state index contributed by atoms with van der Waals surface area (Å²) in [6, 6.07) is 5.89. The molecule has 22 heavy (non-hydrogen) atoms. The molecular formula is C16H20F3NOS. The number of amides is 1. The number of hydrogen-bond donors (Lipinski definition) is 0. The molecule has 1 fully saturated rings. The van der Waals surface area contributed by atoms with Crippen molar-refractivity contribution in [2.45, 2.75) is 55.0 Å². The summed E-state index contributed by atoms with van der Waals surface area (Å²) in [5.74, 6) is -0.115. The largest absolute Gasteiger partial charge is 0.446 e. The van der Waals surface area contributed by atoms with E-state index in [1.165, 1.54) is 37.1 Å². The second kappa shape index (κ2) is 7.40. The number of benzene rings is 1. The third kappa shape index (κ3) is 4.93. The van der Waals surface area contributed by atoms with E-state index >= 15 is 0 Å². The van der Waals surface area contributed by atoms with Crippen LogP contribution < -0.4 is 0 Å². The number of thioether (sulfide) groups is 1. The highest BCUT2D eigenvalue weighted by Gasteiger charge is 2.29. The van der Waals surface area contributed by atoms with Gasteiger partial charge in [-0.3, -0.25) is 4.79 Å². The minimum atomic E-state index is -4.30. The van der Waals surface area contributed by atoms with Crippen LogP contribution >= 0.6 is 11.8 Å². The van der Waals surface area contributed by atoms with Crippen molar-refractivity contribution in [1.82, 2.24) is 4.90 Å². The van der Waals surface area contributed by atoms with Crippen LogP contribution in [0.15, 0.2) is 29.2 Å². The van der Waals surface area contributed by atoms with Crippen molar-refractivity contribution in [2.75, 3.05) is 7.05 Å². The third-order valence-corrected chi connectivity index (χ3v) is 4.77. The minimum Gasteiger partial charge on any atom is -0.339 e. The van der Waals surface area contributed by atoms with Crippen LogP contribution in [0.2, 0.25) is 0 Å². The highest BCUT2D eigenvalue weighted by atomic mass is 32.2. The van der Waals surface area contributed by atoms with E-state index in [1.54, 1.807) is 11.9 Å². The standard InChI is InChI=1S/C16H20F3NOS/c1-20(13-6-4-2-3-5-7-13)15(21)12-8-10-14(11-9-12)22-16(17,18)19/h8-11,13H,2-7H2,1H3. The minimum absolute atomic E-state index is 0.0983. The van der Waals surface area contributed by atoms with Crippen molar-refractivity contribution >= 4 is 17.7 Å². The fourth-order valence-electron chi connectivity index (χ4n) is 2.81. The van der Waals surface area contributed by atoms with Crippen LogP contribution in [-0.4, -0.2) is 29.4 Å². The highest BCUT2D eigenvalue weighted by Crippen LogP contribution is 2.36. The van der Waals surface area contributed by atoms with E-state index in [0.29, 0.717) is 5.56 Å². The normalized spacial score (nSPS) is 17.1. The zero-order chi connectivity index (χ0) is 16.2. The zero-order valence-electron chi connectivity index (χ0n) is 12.5. The molecule has 0 aromatic heterocycles. The number of nitrogens with zero attached hydrogens (tertiary/aromatic N) is 1. The molecule has 0 bridgehead atoms. The average molecular weight is 331 g/mol. The van der Waals surface area contributed by atoms with Crippen molar-refractivity contribution in [2.24, 2.45) is 0 Å². The van der Waals surface area contributed by atoms with E-state index in [-0.39, 0.29) is 28.6 Å². The molecule has 122 valence electrons. The van der Waals surface area contributed by atoms with Crippen molar-refractivity contribution < 1.29 is 18.0 Å². The van der Waals surface area contributed by atoms with E-state index < -0.39 is 5.51 Å². The lowest BCUT2D eigenvalue weighted by Gasteiger charge is -2.27. The molecule has 1 amide bonds. The van der Waals surface area contributed by atoms with Crippen molar-refractivity contribution in [1.29, 1.82) is 0 Å². The van der Waals surface area contributed by atoms with Crippen molar-refractivity contribution in [3.63, 3.8) is 0 Å². The molecule has 0 unspecified atom stereocenters. The molecule has 2 rings (SSSR count). The first-order valence-electron chi connectivity index (χ1n) is 7.50. The predicted octanol–water partition coefficient (Wildman–Crippen LogP) is 5.09. The lowest BCUT2D eigenvalue weighted by molar-refractivity contribution is -0.0328. The number of alkyl halides is 3. The van der Waals surface area contributed by atoms with Gasteiger partial charge in [-0.1, -0.05) is 25.7 Å². The summed E-state index contributed by atoms with van der Waals surface area (Å²) < 4.78 is 36.9.